The first kappa shape index (κ1) is 21.7. The van der Waals surface area contributed by atoms with Gasteiger partial charge in [0.25, 0.3) is 5.91 Å². The third-order valence-corrected chi connectivity index (χ3v) is 5.10. The molecule has 3 rings (SSSR count). The molecule has 0 saturated heterocycles. The minimum Gasteiger partial charge on any atom is -0.486 e. The van der Waals surface area contributed by atoms with Gasteiger partial charge in [-0.2, -0.15) is 0 Å². The average Bonchev–Trinajstić information content (AvgIpc) is 3.09. The van der Waals surface area contributed by atoms with Crippen molar-refractivity contribution in [2.45, 2.75) is 13.5 Å². The van der Waals surface area contributed by atoms with E-state index in [1.165, 1.54) is 0 Å². The fourth-order valence-electron chi connectivity index (χ4n) is 2.36. The second-order valence-corrected chi connectivity index (χ2v) is 7.53. The highest BCUT2D eigenvalue weighted by Crippen LogP contribution is 2.22. The van der Waals surface area contributed by atoms with Crippen molar-refractivity contribution >= 4 is 40.5 Å². The zero-order valence-corrected chi connectivity index (χ0v) is 17.2. The molecule has 0 aliphatic rings. The predicted molar refractivity (Wildman–Crippen MR) is 108 cm³/mol. The Kier molecular flexibility index (Phi) is 6.96. The molecule has 0 radical (unpaired) electrons. The number of amides is 1. The van der Waals surface area contributed by atoms with Crippen molar-refractivity contribution in [1.29, 1.82) is 0 Å². The van der Waals surface area contributed by atoms with Crippen LogP contribution in [0.1, 0.15) is 20.4 Å². The van der Waals surface area contributed by atoms with Crippen molar-refractivity contribution in [3.05, 3.63) is 74.7 Å². The van der Waals surface area contributed by atoms with Gasteiger partial charge in [-0.1, -0.05) is 11.6 Å². The van der Waals surface area contributed by atoms with E-state index in [-0.39, 0.29) is 17.2 Å². The first-order chi connectivity index (χ1) is 14.3. The van der Waals surface area contributed by atoms with Crippen molar-refractivity contribution in [3.8, 4) is 5.75 Å². The lowest BCUT2D eigenvalue weighted by atomic mass is 10.3. The molecule has 0 bridgehead atoms. The number of carbonyl (C=O) groups excluding carboxylic acids is 2. The topological polar surface area (TPSA) is 77.5 Å². The number of benzene rings is 2. The summed E-state index contributed by atoms with van der Waals surface area (Å²) in [7, 11) is 0. The number of carbonyl (C=O) groups is 2. The van der Waals surface area contributed by atoms with Crippen LogP contribution < -0.4 is 10.1 Å². The van der Waals surface area contributed by atoms with E-state index >= 15 is 0 Å². The molecule has 0 spiro atoms. The summed E-state index contributed by atoms with van der Waals surface area (Å²) >= 11 is 6.89. The lowest BCUT2D eigenvalue weighted by Crippen LogP contribution is -2.21. The Balaban J connectivity index is 1.54. The van der Waals surface area contributed by atoms with E-state index in [1.807, 2.05) is 0 Å². The lowest BCUT2D eigenvalue weighted by molar-refractivity contribution is -0.119. The summed E-state index contributed by atoms with van der Waals surface area (Å²) in [6, 6.07) is 9.42. The quantitative estimate of drug-likeness (QED) is 0.523. The summed E-state index contributed by atoms with van der Waals surface area (Å²) < 4.78 is 37.2. The number of rotatable bonds is 7. The Morgan fingerprint density at radius 1 is 1.17 bits per heavy atom. The van der Waals surface area contributed by atoms with Crippen LogP contribution >= 0.6 is 22.9 Å². The van der Waals surface area contributed by atoms with E-state index in [0.29, 0.717) is 21.5 Å². The fourth-order valence-corrected chi connectivity index (χ4v) is 3.35. The Bertz CT molecular complexity index is 1070. The van der Waals surface area contributed by atoms with Crippen LogP contribution in [0.25, 0.3) is 0 Å². The van der Waals surface area contributed by atoms with Gasteiger partial charge in [0.1, 0.15) is 33.9 Å². The molecule has 6 nitrogen and oxygen atoms in total. The molecule has 10 heteroatoms. The third-order valence-electron chi connectivity index (χ3n) is 3.74. The highest BCUT2D eigenvalue weighted by atomic mass is 35.5. The fraction of sp³-hybridized carbons (Fsp3) is 0.150. The molecule has 3 aromatic rings. The van der Waals surface area contributed by atoms with Gasteiger partial charge in [-0.3, -0.25) is 4.79 Å². The number of ether oxygens (including phenoxy) is 2. The normalized spacial score (nSPS) is 10.5. The van der Waals surface area contributed by atoms with E-state index in [4.69, 9.17) is 21.1 Å². The molecule has 2 aromatic carbocycles. The van der Waals surface area contributed by atoms with E-state index in [2.05, 4.69) is 10.3 Å². The molecule has 0 fully saturated rings. The van der Waals surface area contributed by atoms with Crippen LogP contribution in [-0.2, 0) is 16.1 Å². The molecule has 0 unspecified atom stereocenters. The molecule has 156 valence electrons. The van der Waals surface area contributed by atoms with Crippen LogP contribution in [0.3, 0.4) is 0 Å². The standard InChI is InChI=1S/C20H15ClF2N2O4S/c1-11-19(30-18(24-11)10-28-14-5-2-12(21)3-6-14)20(27)29-9-17(26)25-16-8-13(22)4-7-15(16)23/h2-8H,9-10H2,1H3,(H,25,26). The SMILES string of the molecule is Cc1nc(COc2ccc(Cl)cc2)sc1C(=O)OCC(=O)Nc1cc(F)ccc1F. The van der Waals surface area contributed by atoms with Crippen LogP contribution in [0.5, 0.6) is 5.75 Å². The summed E-state index contributed by atoms with van der Waals surface area (Å²) in [6.07, 6.45) is 0. The summed E-state index contributed by atoms with van der Waals surface area (Å²) in [6.45, 7) is 1.10. The smallest absolute Gasteiger partial charge is 0.350 e. The maximum atomic E-state index is 13.6. The monoisotopic (exact) mass is 452 g/mol. The van der Waals surface area contributed by atoms with Crippen molar-refractivity contribution < 1.29 is 27.8 Å². The number of nitrogens with zero attached hydrogens (tertiary/aromatic N) is 1. The molecule has 0 aliphatic carbocycles. The number of aromatic nitrogens is 1. The van der Waals surface area contributed by atoms with Crippen molar-refractivity contribution in [1.82, 2.24) is 4.98 Å². The molecule has 0 atom stereocenters. The van der Waals surface area contributed by atoms with Crippen molar-refractivity contribution in [2.75, 3.05) is 11.9 Å². The van der Waals surface area contributed by atoms with Gasteiger partial charge in [-0.25, -0.2) is 18.6 Å². The Hall–Kier alpha value is -3.04. The number of anilines is 1. The molecular weight excluding hydrogens is 438 g/mol. The minimum atomic E-state index is -0.806. The van der Waals surface area contributed by atoms with E-state index in [9.17, 15) is 18.4 Å². The van der Waals surface area contributed by atoms with Crippen LogP contribution in [0.2, 0.25) is 5.02 Å². The average molecular weight is 453 g/mol. The van der Waals surface area contributed by atoms with Crippen LogP contribution in [0, 0.1) is 18.6 Å². The largest absolute Gasteiger partial charge is 0.486 e. The van der Waals surface area contributed by atoms with Gasteiger partial charge >= 0.3 is 5.97 Å². The highest BCUT2D eigenvalue weighted by molar-refractivity contribution is 7.13. The number of nitrogens with one attached hydrogen (secondary N) is 1. The molecule has 1 N–H and O–H groups in total. The zero-order chi connectivity index (χ0) is 21.7. The molecule has 1 aromatic heterocycles. The van der Waals surface area contributed by atoms with Gasteiger partial charge in [-0.05, 0) is 43.3 Å². The number of hydrogen-bond acceptors (Lipinski definition) is 6. The van der Waals surface area contributed by atoms with E-state index in [1.54, 1.807) is 31.2 Å². The number of aryl methyl sites for hydroxylation is 1. The molecule has 30 heavy (non-hydrogen) atoms. The molecule has 1 heterocycles. The minimum absolute atomic E-state index is 0.139. The summed E-state index contributed by atoms with van der Waals surface area (Å²) in [5.74, 6) is -2.48. The lowest BCUT2D eigenvalue weighted by Gasteiger charge is -2.07. The van der Waals surface area contributed by atoms with Crippen LogP contribution in [-0.4, -0.2) is 23.5 Å². The van der Waals surface area contributed by atoms with Gasteiger partial charge in [-0.15, -0.1) is 11.3 Å². The number of hydrogen-bond donors (Lipinski definition) is 1. The third kappa shape index (κ3) is 5.74. The van der Waals surface area contributed by atoms with Crippen LogP contribution in [0.15, 0.2) is 42.5 Å². The summed E-state index contributed by atoms with van der Waals surface area (Å²) in [5.41, 5.74) is 0.0861. The van der Waals surface area contributed by atoms with Crippen molar-refractivity contribution in [3.63, 3.8) is 0 Å². The second kappa shape index (κ2) is 9.64. The predicted octanol–water partition coefficient (Wildman–Crippen LogP) is 4.76. The Morgan fingerprint density at radius 3 is 2.63 bits per heavy atom. The first-order valence-corrected chi connectivity index (χ1v) is 9.78. The van der Waals surface area contributed by atoms with E-state index in [0.717, 1.165) is 29.5 Å². The maximum Gasteiger partial charge on any atom is 0.350 e. The maximum absolute atomic E-state index is 13.6. The highest BCUT2D eigenvalue weighted by Gasteiger charge is 2.19. The van der Waals surface area contributed by atoms with E-state index < -0.39 is 30.1 Å². The van der Waals surface area contributed by atoms with Crippen LogP contribution in [0.4, 0.5) is 14.5 Å². The molecular formula is C20H15ClF2N2O4S. The second-order valence-electron chi connectivity index (χ2n) is 6.01. The number of thiazole rings is 1. The zero-order valence-electron chi connectivity index (χ0n) is 15.6. The molecule has 1 amide bonds. The first-order valence-electron chi connectivity index (χ1n) is 8.58. The van der Waals surface area contributed by atoms with Crippen molar-refractivity contribution in [2.24, 2.45) is 0 Å². The summed E-state index contributed by atoms with van der Waals surface area (Å²) in [4.78, 5) is 28.6. The van der Waals surface area contributed by atoms with Gasteiger partial charge in [0, 0.05) is 11.1 Å². The molecule has 0 aliphatic heterocycles. The Labute approximate surface area is 179 Å². The van der Waals surface area contributed by atoms with Gasteiger partial charge in [0.05, 0.1) is 11.4 Å². The number of halogens is 3. The summed E-state index contributed by atoms with van der Waals surface area (Å²) in [5, 5.41) is 3.27. The van der Waals surface area contributed by atoms with Gasteiger partial charge < -0.3 is 14.8 Å². The molecule has 0 saturated carbocycles. The van der Waals surface area contributed by atoms with Gasteiger partial charge in [0.15, 0.2) is 6.61 Å². The Morgan fingerprint density at radius 2 is 1.90 bits per heavy atom. The van der Waals surface area contributed by atoms with Gasteiger partial charge in [0.2, 0.25) is 0 Å². The number of esters is 1.